The van der Waals surface area contributed by atoms with Crippen LogP contribution >= 0.6 is 0 Å². The summed E-state index contributed by atoms with van der Waals surface area (Å²) in [6.45, 7) is 5.66. The normalized spacial score (nSPS) is 11.9. The van der Waals surface area contributed by atoms with E-state index in [4.69, 9.17) is 15.2 Å². The Morgan fingerprint density at radius 3 is 2.75 bits per heavy atom. The van der Waals surface area contributed by atoms with Gasteiger partial charge in [0.15, 0.2) is 6.10 Å². The van der Waals surface area contributed by atoms with Crippen molar-refractivity contribution in [2.75, 3.05) is 12.3 Å². The molecule has 0 spiro atoms. The second-order valence-electron chi connectivity index (χ2n) is 3.53. The molecule has 88 valence electrons. The summed E-state index contributed by atoms with van der Waals surface area (Å²) in [7, 11) is 0. The lowest BCUT2D eigenvalue weighted by Gasteiger charge is -2.14. The highest BCUT2D eigenvalue weighted by molar-refractivity contribution is 5.74. The van der Waals surface area contributed by atoms with Crippen molar-refractivity contribution in [2.45, 2.75) is 26.9 Å². The van der Waals surface area contributed by atoms with E-state index < -0.39 is 6.10 Å². The molecule has 1 unspecified atom stereocenters. The van der Waals surface area contributed by atoms with Gasteiger partial charge in [0.05, 0.1) is 6.61 Å². The first-order valence-electron chi connectivity index (χ1n) is 5.24. The third-order valence-electron chi connectivity index (χ3n) is 2.17. The fourth-order valence-electron chi connectivity index (χ4n) is 1.23. The van der Waals surface area contributed by atoms with Crippen LogP contribution in [0.15, 0.2) is 18.2 Å². The van der Waals surface area contributed by atoms with Crippen LogP contribution in [0.1, 0.15) is 19.4 Å². The number of benzene rings is 1. The van der Waals surface area contributed by atoms with Crippen LogP contribution in [0.3, 0.4) is 0 Å². The molecule has 1 aromatic carbocycles. The Bertz CT molecular complexity index is 377. The highest BCUT2D eigenvalue weighted by Crippen LogP contribution is 2.19. The van der Waals surface area contributed by atoms with Gasteiger partial charge in [0.2, 0.25) is 0 Å². The fourth-order valence-corrected chi connectivity index (χ4v) is 1.23. The fraction of sp³-hybridized carbons (Fsp3) is 0.417. The zero-order valence-electron chi connectivity index (χ0n) is 9.82. The van der Waals surface area contributed by atoms with Gasteiger partial charge in [-0.15, -0.1) is 0 Å². The third-order valence-corrected chi connectivity index (χ3v) is 2.17. The Hall–Kier alpha value is -1.71. The molecule has 0 amide bonds. The van der Waals surface area contributed by atoms with E-state index in [-0.39, 0.29) is 5.97 Å². The molecule has 1 rings (SSSR count). The largest absolute Gasteiger partial charge is 0.479 e. The molecule has 0 aliphatic rings. The van der Waals surface area contributed by atoms with Crippen molar-refractivity contribution in [3.05, 3.63) is 23.8 Å². The maximum absolute atomic E-state index is 11.3. The van der Waals surface area contributed by atoms with Gasteiger partial charge in [0.25, 0.3) is 0 Å². The maximum Gasteiger partial charge on any atom is 0.347 e. The monoisotopic (exact) mass is 223 g/mol. The van der Waals surface area contributed by atoms with E-state index in [1.54, 1.807) is 32.0 Å². The van der Waals surface area contributed by atoms with Gasteiger partial charge in [0.1, 0.15) is 5.75 Å². The topological polar surface area (TPSA) is 61.5 Å². The lowest BCUT2D eigenvalue weighted by molar-refractivity contribution is -0.150. The average Bonchev–Trinajstić information content (AvgIpc) is 2.24. The Morgan fingerprint density at radius 2 is 2.19 bits per heavy atom. The molecule has 16 heavy (non-hydrogen) atoms. The molecule has 0 radical (unpaired) electrons. The number of nitrogens with two attached hydrogens (primary N) is 1. The first-order valence-corrected chi connectivity index (χ1v) is 5.24. The summed E-state index contributed by atoms with van der Waals surface area (Å²) in [5, 5.41) is 0. The highest BCUT2D eigenvalue weighted by Gasteiger charge is 2.15. The molecule has 0 saturated carbocycles. The Kier molecular flexibility index (Phi) is 4.17. The number of ether oxygens (including phenoxy) is 2. The van der Waals surface area contributed by atoms with Crippen LogP contribution in [0.2, 0.25) is 0 Å². The zero-order valence-corrected chi connectivity index (χ0v) is 9.82. The van der Waals surface area contributed by atoms with Gasteiger partial charge in [0, 0.05) is 5.69 Å². The molecule has 0 bridgehead atoms. The van der Waals surface area contributed by atoms with Gasteiger partial charge < -0.3 is 15.2 Å². The minimum atomic E-state index is -0.608. The standard InChI is InChI=1S/C12H17NO3/c1-4-15-12(14)9(3)16-10-5-6-11(13)8(2)7-10/h5-7,9H,4,13H2,1-3H3. The summed E-state index contributed by atoms with van der Waals surface area (Å²) >= 11 is 0. The van der Waals surface area contributed by atoms with Crippen molar-refractivity contribution >= 4 is 11.7 Å². The lowest BCUT2D eigenvalue weighted by atomic mass is 10.2. The highest BCUT2D eigenvalue weighted by atomic mass is 16.6. The number of anilines is 1. The molecule has 0 saturated heterocycles. The number of hydrogen-bond donors (Lipinski definition) is 1. The van der Waals surface area contributed by atoms with Crippen LogP contribution in [-0.4, -0.2) is 18.7 Å². The number of nitrogen functional groups attached to an aromatic ring is 1. The Labute approximate surface area is 95.3 Å². The van der Waals surface area contributed by atoms with Gasteiger partial charge >= 0.3 is 5.97 Å². The molecule has 4 heteroatoms. The van der Waals surface area contributed by atoms with E-state index in [1.165, 1.54) is 0 Å². The van der Waals surface area contributed by atoms with Gasteiger partial charge in [-0.1, -0.05) is 0 Å². The predicted octanol–water partition coefficient (Wildman–Crippen LogP) is 1.91. The number of carbonyl (C=O) groups excluding carboxylic acids is 1. The number of carbonyl (C=O) groups is 1. The van der Waals surface area contributed by atoms with E-state index in [9.17, 15) is 4.79 Å². The predicted molar refractivity (Wildman–Crippen MR) is 62.3 cm³/mol. The van der Waals surface area contributed by atoms with Crippen LogP contribution in [0.4, 0.5) is 5.69 Å². The van der Waals surface area contributed by atoms with Crippen molar-refractivity contribution in [1.82, 2.24) is 0 Å². The molecular weight excluding hydrogens is 206 g/mol. The molecule has 1 atom stereocenters. The number of aryl methyl sites for hydroxylation is 1. The smallest absolute Gasteiger partial charge is 0.347 e. The van der Waals surface area contributed by atoms with Crippen LogP contribution in [0.5, 0.6) is 5.75 Å². The molecule has 4 nitrogen and oxygen atoms in total. The van der Waals surface area contributed by atoms with Gasteiger partial charge in [-0.05, 0) is 44.5 Å². The first-order chi connectivity index (χ1) is 7.54. The van der Waals surface area contributed by atoms with E-state index in [1.807, 2.05) is 6.92 Å². The molecule has 1 aromatic rings. The van der Waals surface area contributed by atoms with Crippen LogP contribution in [-0.2, 0) is 9.53 Å². The molecular formula is C12H17NO3. The van der Waals surface area contributed by atoms with Crippen LogP contribution in [0, 0.1) is 6.92 Å². The van der Waals surface area contributed by atoms with Gasteiger partial charge in [-0.3, -0.25) is 0 Å². The van der Waals surface area contributed by atoms with Crippen molar-refractivity contribution in [1.29, 1.82) is 0 Å². The summed E-state index contributed by atoms with van der Waals surface area (Å²) in [5.41, 5.74) is 7.31. The van der Waals surface area contributed by atoms with Crippen LogP contribution in [0.25, 0.3) is 0 Å². The summed E-state index contributed by atoms with van der Waals surface area (Å²) in [4.78, 5) is 11.3. The average molecular weight is 223 g/mol. The number of hydrogen-bond acceptors (Lipinski definition) is 4. The maximum atomic E-state index is 11.3. The third kappa shape index (κ3) is 3.15. The summed E-state index contributed by atoms with van der Waals surface area (Å²) in [6.07, 6.45) is -0.608. The zero-order chi connectivity index (χ0) is 12.1. The minimum Gasteiger partial charge on any atom is -0.479 e. The van der Waals surface area contributed by atoms with Gasteiger partial charge in [-0.25, -0.2) is 4.79 Å². The van der Waals surface area contributed by atoms with Gasteiger partial charge in [-0.2, -0.15) is 0 Å². The second kappa shape index (κ2) is 5.39. The quantitative estimate of drug-likeness (QED) is 0.625. The summed E-state index contributed by atoms with van der Waals surface area (Å²) < 4.78 is 10.3. The lowest BCUT2D eigenvalue weighted by Crippen LogP contribution is -2.26. The summed E-state index contributed by atoms with van der Waals surface area (Å²) in [5.74, 6) is 0.254. The van der Waals surface area contributed by atoms with Crippen LogP contribution < -0.4 is 10.5 Å². The van der Waals surface area contributed by atoms with E-state index in [0.29, 0.717) is 18.0 Å². The van der Waals surface area contributed by atoms with Crippen molar-refractivity contribution in [3.8, 4) is 5.75 Å². The molecule has 0 aromatic heterocycles. The van der Waals surface area contributed by atoms with Crippen molar-refractivity contribution in [2.24, 2.45) is 0 Å². The van der Waals surface area contributed by atoms with E-state index in [2.05, 4.69) is 0 Å². The molecule has 0 heterocycles. The van der Waals surface area contributed by atoms with Crippen molar-refractivity contribution < 1.29 is 14.3 Å². The molecule has 2 N–H and O–H groups in total. The van der Waals surface area contributed by atoms with E-state index >= 15 is 0 Å². The molecule has 0 aliphatic carbocycles. The number of rotatable bonds is 4. The molecule has 0 fully saturated rings. The Morgan fingerprint density at radius 1 is 1.50 bits per heavy atom. The minimum absolute atomic E-state index is 0.354. The van der Waals surface area contributed by atoms with Crippen molar-refractivity contribution in [3.63, 3.8) is 0 Å². The Balaban J connectivity index is 2.66. The SMILES string of the molecule is CCOC(=O)C(C)Oc1ccc(N)c(C)c1. The second-order valence-corrected chi connectivity index (χ2v) is 3.53. The molecule has 0 aliphatic heterocycles. The van der Waals surface area contributed by atoms with E-state index in [0.717, 1.165) is 5.56 Å². The first kappa shape index (κ1) is 12.4. The number of esters is 1. The summed E-state index contributed by atoms with van der Waals surface area (Å²) in [6, 6.07) is 5.28.